The lowest BCUT2D eigenvalue weighted by Crippen LogP contribution is -2.24. The Hall–Kier alpha value is -0.800. The highest BCUT2D eigenvalue weighted by Crippen LogP contribution is 2.34. The number of aryl methyl sites for hydroxylation is 1. The fourth-order valence-electron chi connectivity index (χ4n) is 2.76. The summed E-state index contributed by atoms with van der Waals surface area (Å²) < 4.78 is 3.62. The summed E-state index contributed by atoms with van der Waals surface area (Å²) in [7, 11) is 0. The summed E-state index contributed by atoms with van der Waals surface area (Å²) in [5, 5.41) is 1.32. The van der Waals surface area contributed by atoms with Crippen molar-refractivity contribution < 1.29 is 0 Å². The Morgan fingerprint density at radius 2 is 2.31 bits per heavy atom. The lowest BCUT2D eigenvalue weighted by Gasteiger charge is -2.25. The van der Waals surface area contributed by atoms with Gasteiger partial charge in [-0.2, -0.15) is 0 Å². The van der Waals surface area contributed by atoms with Crippen LogP contribution in [0.1, 0.15) is 24.6 Å². The molecule has 3 rings (SSSR count). The van der Waals surface area contributed by atoms with Gasteiger partial charge in [-0.25, -0.2) is 0 Å². The summed E-state index contributed by atoms with van der Waals surface area (Å²) in [4.78, 5) is 0. The number of nitrogens with zero attached hydrogens (tertiary/aromatic N) is 1. The zero-order valence-electron chi connectivity index (χ0n) is 9.12. The maximum atomic E-state index is 5.87. The molecule has 0 spiro atoms. The second-order valence-electron chi connectivity index (χ2n) is 4.46. The normalized spacial score (nSPS) is 20.0. The van der Waals surface area contributed by atoms with Crippen LogP contribution in [0.2, 0.25) is 0 Å². The van der Waals surface area contributed by atoms with Crippen LogP contribution in [-0.4, -0.2) is 11.1 Å². The molecule has 2 heterocycles. The molecular weight excluding hydrogens is 264 g/mol. The van der Waals surface area contributed by atoms with Crippen molar-refractivity contribution in [1.29, 1.82) is 0 Å². The molecule has 0 aliphatic carbocycles. The molecule has 84 valence electrons. The second-order valence-corrected chi connectivity index (χ2v) is 5.31. The van der Waals surface area contributed by atoms with Gasteiger partial charge >= 0.3 is 0 Å². The summed E-state index contributed by atoms with van der Waals surface area (Å²) in [6.07, 6.45) is 3.65. The molecule has 1 aromatic carbocycles. The summed E-state index contributed by atoms with van der Waals surface area (Å²) >= 11 is 3.62. The molecule has 0 bridgehead atoms. The predicted octanol–water partition coefficient (Wildman–Crippen LogP) is 3.24. The molecule has 2 N–H and O–H groups in total. The van der Waals surface area contributed by atoms with Crippen molar-refractivity contribution in [3.8, 4) is 0 Å². The molecule has 3 heteroatoms. The van der Waals surface area contributed by atoms with E-state index in [9.17, 15) is 0 Å². The molecule has 0 amide bonds. The van der Waals surface area contributed by atoms with Gasteiger partial charge in [0.15, 0.2) is 0 Å². The summed E-state index contributed by atoms with van der Waals surface area (Å²) in [6.45, 7) is 0.739. The lowest BCUT2D eigenvalue weighted by molar-refractivity contribution is 0.421. The average Bonchev–Trinajstić information content (AvgIpc) is 2.69. The molecule has 2 aromatic rings. The van der Waals surface area contributed by atoms with E-state index < -0.39 is 0 Å². The zero-order valence-corrected chi connectivity index (χ0v) is 10.7. The minimum atomic E-state index is 0.482. The van der Waals surface area contributed by atoms with Gasteiger partial charge in [-0.15, -0.1) is 0 Å². The maximum Gasteiger partial charge on any atom is 0.0497 e. The zero-order chi connectivity index (χ0) is 11.1. The minimum Gasteiger partial charge on any atom is -0.340 e. The smallest absolute Gasteiger partial charge is 0.0497 e. The Balaban J connectivity index is 2.30. The van der Waals surface area contributed by atoms with Crippen molar-refractivity contribution in [3.63, 3.8) is 0 Å². The van der Waals surface area contributed by atoms with E-state index in [1.165, 1.54) is 40.3 Å². The van der Waals surface area contributed by atoms with Gasteiger partial charge in [0.25, 0.3) is 0 Å². The molecular formula is C13H15BrN2. The van der Waals surface area contributed by atoms with Gasteiger partial charge < -0.3 is 10.3 Å². The van der Waals surface area contributed by atoms with E-state index >= 15 is 0 Å². The molecule has 1 aromatic heterocycles. The van der Waals surface area contributed by atoms with Crippen LogP contribution >= 0.6 is 15.9 Å². The quantitative estimate of drug-likeness (QED) is 0.853. The first-order chi connectivity index (χ1) is 7.81. The van der Waals surface area contributed by atoms with Crippen LogP contribution < -0.4 is 5.73 Å². The number of fused-ring (bicyclic) bond motifs is 3. The topological polar surface area (TPSA) is 30.9 Å². The summed E-state index contributed by atoms with van der Waals surface area (Å²) in [6, 6.07) is 9.18. The Bertz CT molecular complexity index is 530. The van der Waals surface area contributed by atoms with E-state index in [-0.39, 0.29) is 0 Å². The number of hydrogen-bond donors (Lipinski definition) is 1. The molecule has 1 atom stereocenters. The summed E-state index contributed by atoms with van der Waals surface area (Å²) in [5.41, 5.74) is 8.63. The Labute approximate surface area is 104 Å². The molecule has 16 heavy (non-hydrogen) atoms. The standard InChI is InChI=1S/C13H15BrN2/c14-12-5-2-6-13-11(12)7-9-3-1-4-10(8-15)16(9)13/h2,5-7,10H,1,3-4,8,15H2. The van der Waals surface area contributed by atoms with Crippen molar-refractivity contribution in [3.05, 3.63) is 34.4 Å². The largest absolute Gasteiger partial charge is 0.340 e. The fourth-order valence-corrected chi connectivity index (χ4v) is 3.23. The molecule has 2 nitrogen and oxygen atoms in total. The monoisotopic (exact) mass is 278 g/mol. The Morgan fingerprint density at radius 1 is 1.44 bits per heavy atom. The van der Waals surface area contributed by atoms with Gasteiger partial charge in [-0.1, -0.05) is 22.0 Å². The van der Waals surface area contributed by atoms with Crippen LogP contribution in [0.4, 0.5) is 0 Å². The third-order valence-corrected chi connectivity index (χ3v) is 4.21. The highest BCUT2D eigenvalue weighted by atomic mass is 79.9. The highest BCUT2D eigenvalue weighted by molar-refractivity contribution is 9.10. The number of nitrogens with two attached hydrogens (primary N) is 1. The summed E-state index contributed by atoms with van der Waals surface area (Å²) in [5.74, 6) is 0. The first-order valence-electron chi connectivity index (χ1n) is 5.79. The van der Waals surface area contributed by atoms with Crippen molar-refractivity contribution in [1.82, 2.24) is 4.57 Å². The molecule has 0 saturated heterocycles. The minimum absolute atomic E-state index is 0.482. The van der Waals surface area contributed by atoms with Gasteiger partial charge in [0.05, 0.1) is 0 Å². The molecule has 1 unspecified atom stereocenters. The van der Waals surface area contributed by atoms with Gasteiger partial charge in [-0.3, -0.25) is 0 Å². The fraction of sp³-hybridized carbons (Fsp3) is 0.385. The second kappa shape index (κ2) is 3.90. The van der Waals surface area contributed by atoms with Gasteiger partial charge in [-0.05, 0) is 37.5 Å². The van der Waals surface area contributed by atoms with E-state index in [0.717, 1.165) is 6.54 Å². The average molecular weight is 279 g/mol. The van der Waals surface area contributed by atoms with E-state index in [4.69, 9.17) is 5.73 Å². The molecule has 0 saturated carbocycles. The van der Waals surface area contributed by atoms with Gasteiger partial charge in [0.2, 0.25) is 0 Å². The number of aromatic nitrogens is 1. The van der Waals surface area contributed by atoms with E-state index in [2.05, 4.69) is 44.8 Å². The highest BCUT2D eigenvalue weighted by Gasteiger charge is 2.21. The Kier molecular flexibility index (Phi) is 2.52. The van der Waals surface area contributed by atoms with E-state index in [1.54, 1.807) is 0 Å². The van der Waals surface area contributed by atoms with Crippen molar-refractivity contribution >= 4 is 26.8 Å². The van der Waals surface area contributed by atoms with E-state index in [1.807, 2.05) is 0 Å². The predicted molar refractivity (Wildman–Crippen MR) is 70.7 cm³/mol. The lowest BCUT2D eigenvalue weighted by atomic mass is 10.0. The molecule has 0 radical (unpaired) electrons. The number of halogens is 1. The SMILES string of the molecule is NCC1CCCc2cc3c(Br)cccc3n21. The third-order valence-electron chi connectivity index (χ3n) is 3.52. The first kappa shape index (κ1) is 10.4. The Morgan fingerprint density at radius 3 is 3.12 bits per heavy atom. The van der Waals surface area contributed by atoms with Gasteiger partial charge in [0, 0.05) is 33.7 Å². The molecule has 0 fully saturated rings. The number of benzene rings is 1. The van der Waals surface area contributed by atoms with E-state index in [0.29, 0.717) is 6.04 Å². The van der Waals surface area contributed by atoms with Crippen LogP contribution in [0.15, 0.2) is 28.7 Å². The van der Waals surface area contributed by atoms with Gasteiger partial charge in [0.1, 0.15) is 0 Å². The van der Waals surface area contributed by atoms with Crippen LogP contribution in [0.3, 0.4) is 0 Å². The first-order valence-corrected chi connectivity index (χ1v) is 6.59. The third kappa shape index (κ3) is 1.42. The van der Waals surface area contributed by atoms with Crippen molar-refractivity contribution in [2.75, 3.05) is 6.54 Å². The van der Waals surface area contributed by atoms with Crippen LogP contribution in [0, 0.1) is 0 Å². The maximum absolute atomic E-state index is 5.87. The van der Waals surface area contributed by atoms with Crippen LogP contribution in [0.25, 0.3) is 10.9 Å². The van der Waals surface area contributed by atoms with Crippen molar-refractivity contribution in [2.24, 2.45) is 5.73 Å². The number of hydrogen-bond acceptors (Lipinski definition) is 1. The van der Waals surface area contributed by atoms with Crippen LogP contribution in [-0.2, 0) is 6.42 Å². The van der Waals surface area contributed by atoms with Crippen LogP contribution in [0.5, 0.6) is 0 Å². The molecule has 1 aliphatic heterocycles. The van der Waals surface area contributed by atoms with Crippen molar-refractivity contribution in [2.45, 2.75) is 25.3 Å². The molecule has 1 aliphatic rings. The number of rotatable bonds is 1.